The summed E-state index contributed by atoms with van der Waals surface area (Å²) in [5.41, 5.74) is 0. The summed E-state index contributed by atoms with van der Waals surface area (Å²) in [4.78, 5) is 12.3. The largest absolute Gasteiger partial charge is 0.457 e. The highest BCUT2D eigenvalue weighted by atomic mass is 16.6. The molecule has 0 aromatic rings. The fourth-order valence-corrected chi connectivity index (χ4v) is 7.54. The summed E-state index contributed by atoms with van der Waals surface area (Å²) < 4.78 is 11.2. The predicted molar refractivity (Wildman–Crippen MR) is 242 cm³/mol. The van der Waals surface area contributed by atoms with Gasteiger partial charge in [-0.05, 0) is 44.9 Å². The van der Waals surface area contributed by atoms with E-state index in [0.717, 1.165) is 25.7 Å². The average Bonchev–Trinajstić information content (AvgIpc) is 3.19. The minimum absolute atomic E-state index is 0.168. The highest BCUT2D eigenvalue weighted by molar-refractivity contribution is 5.69. The zero-order valence-electron chi connectivity index (χ0n) is 37.5. The molecule has 0 aromatic heterocycles. The molecule has 0 aliphatic heterocycles. The van der Waals surface area contributed by atoms with Crippen molar-refractivity contribution in [3.05, 3.63) is 24.3 Å². The summed E-state index contributed by atoms with van der Waals surface area (Å²) in [6.07, 6.45) is 61.2. The van der Waals surface area contributed by atoms with E-state index < -0.39 is 6.10 Å². The normalized spacial score (nSPS) is 12.4. The van der Waals surface area contributed by atoms with E-state index in [1.165, 1.54) is 225 Å². The molecule has 0 fully saturated rings. The van der Waals surface area contributed by atoms with Crippen molar-refractivity contribution in [2.45, 2.75) is 277 Å². The van der Waals surface area contributed by atoms with Gasteiger partial charge in [0.05, 0.1) is 13.2 Å². The third-order valence-electron chi connectivity index (χ3n) is 11.3. The van der Waals surface area contributed by atoms with Gasteiger partial charge in [0, 0.05) is 13.0 Å². The summed E-state index contributed by atoms with van der Waals surface area (Å²) in [6.45, 7) is 5.36. The molecule has 1 atom stereocenters. The van der Waals surface area contributed by atoms with Crippen molar-refractivity contribution in [2.24, 2.45) is 0 Å². The van der Waals surface area contributed by atoms with E-state index in [0.29, 0.717) is 19.6 Å². The van der Waals surface area contributed by atoms with Crippen LogP contribution in [0.1, 0.15) is 271 Å². The van der Waals surface area contributed by atoms with E-state index in [4.69, 9.17) is 9.47 Å². The van der Waals surface area contributed by atoms with E-state index >= 15 is 0 Å². The maximum absolute atomic E-state index is 12.3. The number of aliphatic hydroxyl groups is 1. The molecule has 4 heteroatoms. The van der Waals surface area contributed by atoms with E-state index in [1.54, 1.807) is 0 Å². The minimum atomic E-state index is -0.532. The van der Waals surface area contributed by atoms with Crippen LogP contribution in [0.25, 0.3) is 0 Å². The number of carbonyl (C=O) groups is 1. The Hall–Kier alpha value is -1.13. The molecule has 4 nitrogen and oxygen atoms in total. The van der Waals surface area contributed by atoms with E-state index in [9.17, 15) is 9.90 Å². The van der Waals surface area contributed by atoms with Crippen molar-refractivity contribution in [3.63, 3.8) is 0 Å². The fourth-order valence-electron chi connectivity index (χ4n) is 7.54. The van der Waals surface area contributed by atoms with Crippen LogP contribution in [0.3, 0.4) is 0 Å². The predicted octanol–water partition coefficient (Wildman–Crippen LogP) is 16.7. The third kappa shape index (κ3) is 47.1. The Balaban J connectivity index is 3.36. The van der Waals surface area contributed by atoms with Crippen molar-refractivity contribution < 1.29 is 19.4 Å². The van der Waals surface area contributed by atoms with Crippen LogP contribution in [0, 0.1) is 0 Å². The molecule has 0 radical (unpaired) electrons. The summed E-state index contributed by atoms with van der Waals surface area (Å²) in [5, 5.41) is 9.64. The first kappa shape index (κ1) is 53.9. The van der Waals surface area contributed by atoms with Crippen LogP contribution in [0.5, 0.6) is 0 Å². The number of rotatable bonds is 47. The lowest BCUT2D eigenvalue weighted by atomic mass is 10.0. The Kier molecular flexibility index (Phi) is 48.0. The fraction of sp³-hybridized carbons (Fsp3) is 0.902. The zero-order valence-corrected chi connectivity index (χ0v) is 37.5. The lowest BCUT2D eigenvalue weighted by Gasteiger charge is -2.16. The van der Waals surface area contributed by atoms with E-state index in [-0.39, 0.29) is 12.6 Å². The first-order chi connectivity index (χ1) is 27.2. The lowest BCUT2D eigenvalue weighted by molar-refractivity contribution is -0.154. The van der Waals surface area contributed by atoms with E-state index in [1.807, 2.05) is 0 Å². The zero-order chi connectivity index (χ0) is 39.8. The maximum Gasteiger partial charge on any atom is 0.306 e. The summed E-state index contributed by atoms with van der Waals surface area (Å²) >= 11 is 0. The average molecular weight is 775 g/mol. The topological polar surface area (TPSA) is 55.8 Å². The molecule has 326 valence electrons. The molecular formula is C51H98O4. The molecule has 1 unspecified atom stereocenters. The summed E-state index contributed by atoms with van der Waals surface area (Å²) in [5.74, 6) is -0.195. The molecule has 0 saturated carbocycles. The molecule has 0 bridgehead atoms. The first-order valence-corrected chi connectivity index (χ1v) is 24.9. The van der Waals surface area contributed by atoms with Gasteiger partial charge >= 0.3 is 5.97 Å². The number of hydrogen-bond acceptors (Lipinski definition) is 4. The van der Waals surface area contributed by atoms with Gasteiger partial charge in [-0.1, -0.05) is 244 Å². The van der Waals surface area contributed by atoms with Crippen LogP contribution < -0.4 is 0 Å². The monoisotopic (exact) mass is 775 g/mol. The van der Waals surface area contributed by atoms with Gasteiger partial charge in [-0.3, -0.25) is 4.79 Å². The standard InChI is InChI=1S/C51H98O4/c1-3-5-7-9-11-13-15-17-19-21-23-25-26-27-28-30-32-34-36-38-40-42-44-46-51(53)55-50(48-52)49-54-47-45-43-41-39-37-35-33-31-29-24-22-20-18-16-14-12-10-8-6-4-2/h12,14,18,20,50,52H,3-11,13,15-17,19,21-49H2,1-2H3/b14-12-,20-18-. The number of ether oxygens (including phenoxy) is 2. The van der Waals surface area contributed by atoms with Gasteiger partial charge < -0.3 is 14.6 Å². The summed E-state index contributed by atoms with van der Waals surface area (Å²) in [6, 6.07) is 0. The van der Waals surface area contributed by atoms with Crippen LogP contribution in [0.2, 0.25) is 0 Å². The third-order valence-corrected chi connectivity index (χ3v) is 11.3. The number of hydrogen-bond donors (Lipinski definition) is 1. The Labute approximate surface area is 345 Å². The highest BCUT2D eigenvalue weighted by Crippen LogP contribution is 2.16. The molecule has 0 aromatic carbocycles. The van der Waals surface area contributed by atoms with Gasteiger partial charge in [-0.15, -0.1) is 0 Å². The quantitative estimate of drug-likeness (QED) is 0.0380. The maximum atomic E-state index is 12.3. The van der Waals surface area contributed by atoms with Crippen molar-refractivity contribution in [3.8, 4) is 0 Å². The van der Waals surface area contributed by atoms with Crippen LogP contribution in [0.4, 0.5) is 0 Å². The summed E-state index contributed by atoms with van der Waals surface area (Å²) in [7, 11) is 0. The molecule has 0 heterocycles. The Morgan fingerprint density at radius 3 is 1.16 bits per heavy atom. The van der Waals surface area contributed by atoms with Gasteiger partial charge in [0.1, 0.15) is 6.10 Å². The van der Waals surface area contributed by atoms with Gasteiger partial charge in [0.15, 0.2) is 0 Å². The van der Waals surface area contributed by atoms with Crippen molar-refractivity contribution >= 4 is 5.97 Å². The van der Waals surface area contributed by atoms with Crippen molar-refractivity contribution in [1.29, 1.82) is 0 Å². The highest BCUT2D eigenvalue weighted by Gasteiger charge is 2.13. The number of carbonyl (C=O) groups excluding carboxylic acids is 1. The molecule has 55 heavy (non-hydrogen) atoms. The van der Waals surface area contributed by atoms with Crippen molar-refractivity contribution in [2.75, 3.05) is 19.8 Å². The van der Waals surface area contributed by atoms with Gasteiger partial charge in [-0.2, -0.15) is 0 Å². The first-order valence-electron chi connectivity index (χ1n) is 24.9. The Bertz CT molecular complexity index is 777. The number of unbranched alkanes of at least 4 members (excludes halogenated alkanes) is 35. The van der Waals surface area contributed by atoms with Crippen LogP contribution >= 0.6 is 0 Å². The number of aliphatic hydroxyl groups excluding tert-OH is 1. The molecule has 1 N–H and O–H groups in total. The van der Waals surface area contributed by atoms with E-state index in [2.05, 4.69) is 38.2 Å². The molecule has 0 aliphatic carbocycles. The molecule has 0 rings (SSSR count). The van der Waals surface area contributed by atoms with Gasteiger partial charge in [-0.25, -0.2) is 0 Å². The van der Waals surface area contributed by atoms with Crippen molar-refractivity contribution in [1.82, 2.24) is 0 Å². The van der Waals surface area contributed by atoms with Gasteiger partial charge in [0.2, 0.25) is 0 Å². The molecule has 0 amide bonds. The lowest BCUT2D eigenvalue weighted by Crippen LogP contribution is -2.27. The number of allylic oxidation sites excluding steroid dienone is 4. The molecular weight excluding hydrogens is 677 g/mol. The second kappa shape index (κ2) is 49.0. The second-order valence-electron chi connectivity index (χ2n) is 16.9. The van der Waals surface area contributed by atoms with Gasteiger partial charge in [0.25, 0.3) is 0 Å². The smallest absolute Gasteiger partial charge is 0.306 e. The molecule has 0 saturated heterocycles. The SMILES string of the molecule is CCCCC/C=C\C/C=C\CCCCCCCCCCCCOCC(CO)OC(=O)CCCCCCCCCCCCCCCCCCCCCCCCC. The Morgan fingerprint density at radius 1 is 0.436 bits per heavy atom. The molecule has 0 aliphatic rings. The minimum Gasteiger partial charge on any atom is -0.457 e. The van der Waals surface area contributed by atoms with Crippen LogP contribution in [0.15, 0.2) is 24.3 Å². The Morgan fingerprint density at radius 2 is 0.764 bits per heavy atom. The molecule has 0 spiro atoms. The second-order valence-corrected chi connectivity index (χ2v) is 16.9. The number of esters is 1. The van der Waals surface area contributed by atoms with Crippen LogP contribution in [-0.2, 0) is 14.3 Å². The van der Waals surface area contributed by atoms with Crippen LogP contribution in [-0.4, -0.2) is 37.0 Å².